The van der Waals surface area contributed by atoms with Crippen LogP contribution in [0.1, 0.15) is 65.7 Å². The molecule has 0 aliphatic heterocycles. The summed E-state index contributed by atoms with van der Waals surface area (Å²) in [5.74, 6) is 0. The lowest BCUT2D eigenvalue weighted by Crippen LogP contribution is -2.28. The second-order valence-corrected chi connectivity index (χ2v) is 5.55. The molecule has 0 aromatic heterocycles. The minimum Gasteiger partial charge on any atom is -0.381 e. The molecule has 0 atom stereocenters. The summed E-state index contributed by atoms with van der Waals surface area (Å²) >= 11 is 0. The maximum absolute atomic E-state index is 5.45. The third kappa shape index (κ3) is 3.93. The van der Waals surface area contributed by atoms with Gasteiger partial charge in [-0.05, 0) is 50.4 Å². The van der Waals surface area contributed by atoms with Gasteiger partial charge >= 0.3 is 0 Å². The summed E-state index contributed by atoms with van der Waals surface area (Å²) in [6, 6.07) is 0. The zero-order chi connectivity index (χ0) is 12.0. The molecule has 1 aliphatic rings. The summed E-state index contributed by atoms with van der Waals surface area (Å²) in [6.07, 6.45) is 11.8. The fourth-order valence-corrected chi connectivity index (χ4v) is 2.88. The van der Waals surface area contributed by atoms with Gasteiger partial charge in [-0.1, -0.05) is 32.4 Å². The molecule has 0 saturated heterocycles. The quantitative estimate of drug-likeness (QED) is 0.614. The van der Waals surface area contributed by atoms with Crippen LogP contribution in [0.2, 0.25) is 0 Å². The summed E-state index contributed by atoms with van der Waals surface area (Å²) in [4.78, 5) is 0. The predicted octanol–water partition coefficient (Wildman–Crippen LogP) is 4.72. The molecular formula is C15H28O. The zero-order valence-electron chi connectivity index (χ0n) is 11.5. The molecule has 0 N–H and O–H groups in total. The van der Waals surface area contributed by atoms with E-state index in [9.17, 15) is 0 Å². The Labute approximate surface area is 101 Å². The third-order valence-electron chi connectivity index (χ3n) is 4.07. The van der Waals surface area contributed by atoms with Gasteiger partial charge in [-0.3, -0.25) is 0 Å². The van der Waals surface area contributed by atoms with Crippen molar-refractivity contribution in [1.29, 1.82) is 0 Å². The summed E-state index contributed by atoms with van der Waals surface area (Å²) < 4.78 is 5.45. The van der Waals surface area contributed by atoms with Crippen molar-refractivity contribution in [3.05, 3.63) is 11.6 Å². The molecule has 1 saturated carbocycles. The number of methoxy groups -OCH3 is 1. The van der Waals surface area contributed by atoms with E-state index >= 15 is 0 Å². The highest BCUT2D eigenvalue weighted by molar-refractivity contribution is 5.05. The smallest absolute Gasteiger partial charge is 0.0571 e. The van der Waals surface area contributed by atoms with Gasteiger partial charge < -0.3 is 4.74 Å². The second-order valence-electron chi connectivity index (χ2n) is 5.55. The first-order valence-electron chi connectivity index (χ1n) is 6.84. The largest absolute Gasteiger partial charge is 0.381 e. The highest BCUT2D eigenvalue weighted by Crippen LogP contribution is 2.42. The molecule has 1 fully saturated rings. The molecule has 0 aromatic carbocycles. The van der Waals surface area contributed by atoms with E-state index in [1.165, 1.54) is 44.9 Å². The van der Waals surface area contributed by atoms with Crippen molar-refractivity contribution in [2.45, 2.75) is 71.8 Å². The summed E-state index contributed by atoms with van der Waals surface area (Å²) in [5, 5.41) is 0. The number of rotatable bonds is 5. The van der Waals surface area contributed by atoms with Gasteiger partial charge in [0.2, 0.25) is 0 Å². The molecule has 0 unspecified atom stereocenters. The topological polar surface area (TPSA) is 9.23 Å². The molecule has 1 heteroatoms. The Morgan fingerprint density at radius 1 is 1.31 bits per heavy atom. The number of allylic oxidation sites excluding steroid dienone is 2. The van der Waals surface area contributed by atoms with Gasteiger partial charge in [-0.25, -0.2) is 0 Å². The standard InChI is InChI=1S/C15H28O/c1-5-7-13(6-2)12-15(3)10-8-14(16-4)9-11-15/h7,14H,5-6,8-12H2,1-4H3/b13-7+. The maximum atomic E-state index is 5.45. The van der Waals surface area contributed by atoms with Crippen molar-refractivity contribution in [2.75, 3.05) is 7.11 Å². The molecule has 16 heavy (non-hydrogen) atoms. The lowest BCUT2D eigenvalue weighted by Gasteiger charge is -2.37. The van der Waals surface area contributed by atoms with Gasteiger partial charge in [0.25, 0.3) is 0 Å². The van der Waals surface area contributed by atoms with Crippen LogP contribution in [0.5, 0.6) is 0 Å². The molecule has 0 bridgehead atoms. The van der Waals surface area contributed by atoms with E-state index in [-0.39, 0.29) is 0 Å². The van der Waals surface area contributed by atoms with E-state index in [1.54, 1.807) is 5.57 Å². The lowest BCUT2D eigenvalue weighted by atomic mass is 9.70. The Balaban J connectivity index is 2.50. The minimum atomic E-state index is 0.522. The van der Waals surface area contributed by atoms with Crippen LogP contribution in [0.3, 0.4) is 0 Å². The van der Waals surface area contributed by atoms with Gasteiger partial charge in [0.15, 0.2) is 0 Å². The molecule has 0 heterocycles. The van der Waals surface area contributed by atoms with Gasteiger partial charge in [0.1, 0.15) is 0 Å². The Morgan fingerprint density at radius 2 is 1.94 bits per heavy atom. The lowest BCUT2D eigenvalue weighted by molar-refractivity contribution is 0.0323. The first-order chi connectivity index (χ1) is 7.63. The number of hydrogen-bond acceptors (Lipinski definition) is 1. The average molecular weight is 224 g/mol. The van der Waals surface area contributed by atoms with E-state index in [4.69, 9.17) is 4.74 Å². The van der Waals surface area contributed by atoms with Crippen molar-refractivity contribution < 1.29 is 4.74 Å². The van der Waals surface area contributed by atoms with E-state index in [1.807, 2.05) is 7.11 Å². The van der Waals surface area contributed by atoms with Gasteiger partial charge in [-0.15, -0.1) is 0 Å². The summed E-state index contributed by atoms with van der Waals surface area (Å²) in [6.45, 7) is 6.98. The Morgan fingerprint density at radius 3 is 2.38 bits per heavy atom. The monoisotopic (exact) mass is 224 g/mol. The molecule has 1 aliphatic carbocycles. The van der Waals surface area contributed by atoms with Gasteiger partial charge in [0, 0.05) is 7.11 Å². The Hall–Kier alpha value is -0.300. The van der Waals surface area contributed by atoms with Crippen LogP contribution in [0, 0.1) is 5.41 Å². The Bertz CT molecular complexity index is 222. The third-order valence-corrected chi connectivity index (χ3v) is 4.07. The first kappa shape index (κ1) is 13.8. The molecule has 1 nitrogen and oxygen atoms in total. The van der Waals surface area contributed by atoms with Crippen molar-refractivity contribution >= 4 is 0 Å². The Kier molecular flexibility index (Phi) is 5.54. The highest BCUT2D eigenvalue weighted by Gasteiger charge is 2.31. The zero-order valence-corrected chi connectivity index (χ0v) is 11.5. The number of hydrogen-bond donors (Lipinski definition) is 0. The van der Waals surface area contributed by atoms with E-state index in [0.717, 1.165) is 0 Å². The summed E-state index contributed by atoms with van der Waals surface area (Å²) in [7, 11) is 1.85. The molecular weight excluding hydrogens is 196 g/mol. The normalized spacial score (nSPS) is 31.8. The van der Waals surface area contributed by atoms with Gasteiger partial charge in [0.05, 0.1) is 6.10 Å². The minimum absolute atomic E-state index is 0.522. The van der Waals surface area contributed by atoms with Crippen LogP contribution in [0.25, 0.3) is 0 Å². The number of ether oxygens (including phenoxy) is 1. The fraction of sp³-hybridized carbons (Fsp3) is 0.867. The van der Waals surface area contributed by atoms with Crippen LogP contribution in [-0.4, -0.2) is 13.2 Å². The van der Waals surface area contributed by atoms with Crippen molar-refractivity contribution in [1.82, 2.24) is 0 Å². The fourth-order valence-electron chi connectivity index (χ4n) is 2.88. The molecule has 0 aromatic rings. The van der Waals surface area contributed by atoms with Crippen molar-refractivity contribution in [3.8, 4) is 0 Å². The van der Waals surface area contributed by atoms with Crippen LogP contribution < -0.4 is 0 Å². The highest BCUT2D eigenvalue weighted by atomic mass is 16.5. The second kappa shape index (κ2) is 6.44. The first-order valence-corrected chi connectivity index (χ1v) is 6.84. The van der Waals surface area contributed by atoms with Crippen LogP contribution in [-0.2, 0) is 4.74 Å². The van der Waals surface area contributed by atoms with Crippen molar-refractivity contribution in [2.24, 2.45) is 5.41 Å². The van der Waals surface area contributed by atoms with E-state index < -0.39 is 0 Å². The SMILES string of the molecule is CC/C=C(\CC)CC1(C)CCC(OC)CC1. The maximum Gasteiger partial charge on any atom is 0.0571 e. The van der Waals surface area contributed by atoms with Crippen LogP contribution in [0.4, 0.5) is 0 Å². The average Bonchev–Trinajstić information content (AvgIpc) is 2.29. The predicted molar refractivity (Wildman–Crippen MR) is 70.7 cm³/mol. The van der Waals surface area contributed by atoms with Gasteiger partial charge in [-0.2, -0.15) is 0 Å². The van der Waals surface area contributed by atoms with E-state index in [0.29, 0.717) is 11.5 Å². The molecule has 0 amide bonds. The molecule has 0 spiro atoms. The van der Waals surface area contributed by atoms with E-state index in [2.05, 4.69) is 26.8 Å². The summed E-state index contributed by atoms with van der Waals surface area (Å²) in [5.41, 5.74) is 2.19. The van der Waals surface area contributed by atoms with Crippen LogP contribution >= 0.6 is 0 Å². The van der Waals surface area contributed by atoms with Crippen LogP contribution in [0.15, 0.2) is 11.6 Å². The van der Waals surface area contributed by atoms with Crippen molar-refractivity contribution in [3.63, 3.8) is 0 Å². The molecule has 0 radical (unpaired) electrons. The molecule has 94 valence electrons. The molecule has 1 rings (SSSR count).